The van der Waals surface area contributed by atoms with Crippen LogP contribution in [0, 0.1) is 5.92 Å². The molecule has 22 heavy (non-hydrogen) atoms. The van der Waals surface area contributed by atoms with Gasteiger partial charge in [-0.1, -0.05) is 31.4 Å². The smallest absolute Gasteiger partial charge is 0.252 e. The van der Waals surface area contributed by atoms with E-state index in [-0.39, 0.29) is 18.4 Å². The molecule has 2 rings (SSSR count). The minimum absolute atomic E-state index is 0.0361. The fraction of sp³-hybridized carbons (Fsp3) is 0.529. The average molecular weight is 367 g/mol. The monoisotopic (exact) mass is 366 g/mol. The molecule has 0 aromatic heterocycles. The van der Waals surface area contributed by atoms with E-state index in [1.165, 1.54) is 32.1 Å². The van der Waals surface area contributed by atoms with Crippen molar-refractivity contribution in [1.82, 2.24) is 10.2 Å². The lowest BCUT2D eigenvalue weighted by Gasteiger charge is -2.27. The van der Waals surface area contributed by atoms with E-state index >= 15 is 0 Å². The molecule has 0 saturated heterocycles. The number of hydrogen-bond acceptors (Lipinski definition) is 2. The summed E-state index contributed by atoms with van der Waals surface area (Å²) in [5.74, 6) is 0.347. The predicted molar refractivity (Wildman–Crippen MR) is 90.7 cm³/mol. The van der Waals surface area contributed by atoms with E-state index in [1.807, 2.05) is 19.2 Å². The highest BCUT2D eigenvalue weighted by Gasteiger charge is 2.19. The third-order valence-corrected chi connectivity index (χ3v) is 4.89. The second-order valence-corrected chi connectivity index (χ2v) is 6.80. The highest BCUT2D eigenvalue weighted by molar-refractivity contribution is 9.10. The second-order valence-electron chi connectivity index (χ2n) is 5.94. The number of carbonyl (C=O) groups is 2. The number of likely N-dealkylation sites (N-methyl/N-ethyl adjacent to an activating group) is 1. The summed E-state index contributed by atoms with van der Waals surface area (Å²) < 4.78 is 0.732. The molecule has 1 aliphatic rings. The molecule has 1 aliphatic carbocycles. The van der Waals surface area contributed by atoms with E-state index in [4.69, 9.17) is 0 Å². The molecule has 0 spiro atoms. The SMILES string of the molecule is CN(CC1CCCCC1)C(=O)CNC(=O)c1ccccc1Br. The number of benzene rings is 1. The Hall–Kier alpha value is -1.36. The Morgan fingerprint density at radius 2 is 1.91 bits per heavy atom. The summed E-state index contributed by atoms with van der Waals surface area (Å²) in [6.45, 7) is 0.840. The number of nitrogens with zero attached hydrogens (tertiary/aromatic N) is 1. The number of rotatable bonds is 5. The molecule has 4 nitrogen and oxygen atoms in total. The molecule has 1 N–H and O–H groups in total. The fourth-order valence-corrected chi connectivity index (χ4v) is 3.36. The highest BCUT2D eigenvalue weighted by Crippen LogP contribution is 2.24. The molecule has 2 amide bonds. The Morgan fingerprint density at radius 3 is 2.59 bits per heavy atom. The largest absolute Gasteiger partial charge is 0.344 e. The lowest BCUT2D eigenvalue weighted by atomic mass is 9.89. The predicted octanol–water partition coefficient (Wildman–Crippen LogP) is 3.22. The summed E-state index contributed by atoms with van der Waals surface area (Å²) >= 11 is 3.34. The van der Waals surface area contributed by atoms with Gasteiger partial charge < -0.3 is 10.2 Å². The molecule has 1 saturated carbocycles. The van der Waals surface area contributed by atoms with Crippen molar-refractivity contribution in [3.63, 3.8) is 0 Å². The van der Waals surface area contributed by atoms with Crippen LogP contribution >= 0.6 is 15.9 Å². The van der Waals surface area contributed by atoms with E-state index in [0.29, 0.717) is 11.5 Å². The molecular weight excluding hydrogens is 344 g/mol. The van der Waals surface area contributed by atoms with Crippen LogP contribution < -0.4 is 5.32 Å². The highest BCUT2D eigenvalue weighted by atomic mass is 79.9. The number of nitrogens with one attached hydrogen (secondary N) is 1. The summed E-state index contributed by atoms with van der Waals surface area (Å²) in [6.07, 6.45) is 6.27. The van der Waals surface area contributed by atoms with Crippen LogP contribution in [0.2, 0.25) is 0 Å². The van der Waals surface area contributed by atoms with Gasteiger partial charge in [-0.2, -0.15) is 0 Å². The molecule has 0 unspecified atom stereocenters. The molecule has 0 atom stereocenters. The average Bonchev–Trinajstić information content (AvgIpc) is 2.53. The van der Waals surface area contributed by atoms with Gasteiger partial charge in [0, 0.05) is 18.1 Å². The molecular formula is C17H23BrN2O2. The van der Waals surface area contributed by atoms with Gasteiger partial charge >= 0.3 is 0 Å². The quantitative estimate of drug-likeness (QED) is 0.869. The van der Waals surface area contributed by atoms with Crippen LogP contribution in [0.4, 0.5) is 0 Å². The Labute approximate surface area is 140 Å². The molecule has 5 heteroatoms. The van der Waals surface area contributed by atoms with E-state index in [1.54, 1.807) is 17.0 Å². The lowest BCUT2D eigenvalue weighted by molar-refractivity contribution is -0.129. The summed E-state index contributed by atoms with van der Waals surface area (Å²) in [4.78, 5) is 26.0. The molecule has 0 radical (unpaired) electrons. The van der Waals surface area contributed by atoms with Crippen molar-refractivity contribution in [3.8, 4) is 0 Å². The zero-order valence-corrected chi connectivity index (χ0v) is 14.6. The van der Waals surface area contributed by atoms with Crippen molar-refractivity contribution in [3.05, 3.63) is 34.3 Å². The topological polar surface area (TPSA) is 49.4 Å². The van der Waals surface area contributed by atoms with Crippen LogP contribution in [0.1, 0.15) is 42.5 Å². The maximum absolute atomic E-state index is 12.1. The van der Waals surface area contributed by atoms with Crippen molar-refractivity contribution >= 4 is 27.7 Å². The zero-order chi connectivity index (χ0) is 15.9. The molecule has 1 fully saturated rings. The molecule has 0 heterocycles. The van der Waals surface area contributed by atoms with Crippen LogP contribution in [-0.4, -0.2) is 36.9 Å². The van der Waals surface area contributed by atoms with Crippen LogP contribution in [-0.2, 0) is 4.79 Å². The summed E-state index contributed by atoms with van der Waals surface area (Å²) in [6, 6.07) is 7.20. The van der Waals surface area contributed by atoms with Crippen LogP contribution in [0.15, 0.2) is 28.7 Å². The number of halogens is 1. The van der Waals surface area contributed by atoms with Gasteiger partial charge in [-0.3, -0.25) is 9.59 Å². The van der Waals surface area contributed by atoms with Gasteiger partial charge in [0.2, 0.25) is 5.91 Å². The van der Waals surface area contributed by atoms with Gasteiger partial charge in [-0.15, -0.1) is 0 Å². The standard InChI is InChI=1S/C17H23BrN2O2/c1-20(12-13-7-3-2-4-8-13)16(21)11-19-17(22)14-9-5-6-10-15(14)18/h5-6,9-10,13H,2-4,7-8,11-12H2,1H3,(H,19,22). The van der Waals surface area contributed by atoms with Crippen LogP contribution in [0.25, 0.3) is 0 Å². The van der Waals surface area contributed by atoms with Crippen molar-refractivity contribution in [2.45, 2.75) is 32.1 Å². The minimum atomic E-state index is -0.230. The zero-order valence-electron chi connectivity index (χ0n) is 13.0. The first-order chi connectivity index (χ1) is 10.6. The maximum atomic E-state index is 12.1. The van der Waals surface area contributed by atoms with E-state index in [2.05, 4.69) is 21.2 Å². The maximum Gasteiger partial charge on any atom is 0.252 e. The number of amides is 2. The Bertz CT molecular complexity index is 527. The van der Waals surface area contributed by atoms with Crippen molar-refractivity contribution in [1.29, 1.82) is 0 Å². The first-order valence-electron chi connectivity index (χ1n) is 7.84. The van der Waals surface area contributed by atoms with Crippen molar-refractivity contribution in [2.24, 2.45) is 5.92 Å². The van der Waals surface area contributed by atoms with Crippen LogP contribution in [0.5, 0.6) is 0 Å². The van der Waals surface area contributed by atoms with E-state index in [9.17, 15) is 9.59 Å². The fourth-order valence-electron chi connectivity index (χ4n) is 2.89. The van der Waals surface area contributed by atoms with Crippen molar-refractivity contribution in [2.75, 3.05) is 20.1 Å². The Morgan fingerprint density at radius 1 is 1.23 bits per heavy atom. The van der Waals surface area contributed by atoms with Gasteiger partial charge in [-0.05, 0) is 46.8 Å². The second kappa shape index (κ2) is 8.32. The molecule has 0 aliphatic heterocycles. The summed E-state index contributed by atoms with van der Waals surface area (Å²) in [5, 5.41) is 2.70. The third-order valence-electron chi connectivity index (χ3n) is 4.20. The summed E-state index contributed by atoms with van der Waals surface area (Å²) in [7, 11) is 1.82. The first kappa shape index (κ1) is 17.0. The first-order valence-corrected chi connectivity index (χ1v) is 8.64. The molecule has 1 aromatic rings. The summed E-state index contributed by atoms with van der Waals surface area (Å²) in [5.41, 5.74) is 0.547. The lowest BCUT2D eigenvalue weighted by Crippen LogP contribution is -2.40. The number of carbonyl (C=O) groups excluding carboxylic acids is 2. The van der Waals surface area contributed by atoms with Gasteiger partial charge in [0.25, 0.3) is 5.91 Å². The Balaban J connectivity index is 1.79. The van der Waals surface area contributed by atoms with Gasteiger partial charge in [0.1, 0.15) is 0 Å². The van der Waals surface area contributed by atoms with Gasteiger partial charge in [0.05, 0.1) is 12.1 Å². The molecule has 1 aromatic carbocycles. The van der Waals surface area contributed by atoms with Gasteiger partial charge in [-0.25, -0.2) is 0 Å². The van der Waals surface area contributed by atoms with Crippen LogP contribution in [0.3, 0.4) is 0 Å². The van der Waals surface area contributed by atoms with Gasteiger partial charge in [0.15, 0.2) is 0 Å². The van der Waals surface area contributed by atoms with E-state index in [0.717, 1.165) is 11.0 Å². The minimum Gasteiger partial charge on any atom is -0.344 e. The third kappa shape index (κ3) is 4.83. The van der Waals surface area contributed by atoms with E-state index < -0.39 is 0 Å². The molecule has 120 valence electrons. The Kier molecular flexibility index (Phi) is 6.43. The molecule has 0 bridgehead atoms. The normalized spacial score (nSPS) is 15.4. The number of hydrogen-bond donors (Lipinski definition) is 1. The van der Waals surface area contributed by atoms with Crippen molar-refractivity contribution < 1.29 is 9.59 Å².